The Morgan fingerprint density at radius 1 is 0.881 bits per heavy atom. The number of urea groups is 1. The number of hydrogen-bond donors (Lipinski definition) is 3. The summed E-state index contributed by atoms with van der Waals surface area (Å²) >= 11 is 0. The van der Waals surface area contributed by atoms with Gasteiger partial charge in [0.2, 0.25) is 10.0 Å². The standard InChI is InChI=1S/C32H40N6O3S/c33-31(34)29-12-7-13-30(18-29)38-23-28(19-35-42(40,41)24-27-10-5-2-6-11-27)22-37(32(38)39)21-26-14-16-36(17-15-26)20-25-8-3-1-4-9-25/h1-13,18,26,28,35H,14-17,19-24H2,(H3,33,34). The van der Waals surface area contributed by atoms with Gasteiger partial charge in [0.25, 0.3) is 0 Å². The number of nitrogens with one attached hydrogen (secondary N) is 2. The van der Waals surface area contributed by atoms with Crippen LogP contribution in [0.15, 0.2) is 84.9 Å². The smallest absolute Gasteiger partial charge is 0.324 e. The molecule has 2 aliphatic heterocycles. The minimum absolute atomic E-state index is 0.0642. The van der Waals surface area contributed by atoms with Crippen molar-refractivity contribution < 1.29 is 13.2 Å². The SMILES string of the molecule is N=C(N)c1cccc(N2CC(CNS(=O)(=O)Cc3ccccc3)CN(CC3CCN(Cc4ccccc4)CC3)C2=O)c1. The summed E-state index contributed by atoms with van der Waals surface area (Å²) in [6.45, 7) is 4.62. The number of sulfonamides is 1. The van der Waals surface area contributed by atoms with Crippen molar-refractivity contribution in [3.8, 4) is 0 Å². The first-order valence-corrected chi connectivity index (χ1v) is 16.2. The zero-order valence-electron chi connectivity index (χ0n) is 23.9. The second kappa shape index (κ2) is 13.5. The summed E-state index contributed by atoms with van der Waals surface area (Å²) in [4.78, 5) is 19.8. The predicted octanol–water partition coefficient (Wildman–Crippen LogP) is 3.86. The van der Waals surface area contributed by atoms with E-state index in [0.29, 0.717) is 36.8 Å². The first-order chi connectivity index (χ1) is 20.3. The highest BCUT2D eigenvalue weighted by Crippen LogP contribution is 2.27. The molecule has 0 saturated carbocycles. The van der Waals surface area contributed by atoms with Crippen LogP contribution in [-0.4, -0.2) is 69.4 Å². The van der Waals surface area contributed by atoms with Crippen molar-refractivity contribution in [3.63, 3.8) is 0 Å². The third-order valence-electron chi connectivity index (χ3n) is 8.12. The predicted molar refractivity (Wildman–Crippen MR) is 167 cm³/mol. The molecule has 222 valence electrons. The molecule has 5 rings (SSSR count). The van der Waals surface area contributed by atoms with Crippen molar-refractivity contribution in [2.24, 2.45) is 17.6 Å². The molecule has 2 aliphatic rings. The second-order valence-electron chi connectivity index (χ2n) is 11.4. The minimum atomic E-state index is -3.55. The summed E-state index contributed by atoms with van der Waals surface area (Å²) in [5.41, 5.74) is 8.97. The molecule has 2 fully saturated rings. The quantitative estimate of drug-likeness (QED) is 0.232. The molecular weight excluding hydrogens is 548 g/mol. The molecular formula is C32H40N6O3S. The number of carbonyl (C=O) groups excluding carboxylic acids is 1. The normalized spacial score (nSPS) is 18.8. The van der Waals surface area contributed by atoms with Gasteiger partial charge < -0.3 is 10.6 Å². The Hall–Kier alpha value is -3.73. The molecule has 4 N–H and O–H groups in total. The molecule has 2 saturated heterocycles. The van der Waals surface area contributed by atoms with Crippen LogP contribution in [0.25, 0.3) is 0 Å². The lowest BCUT2D eigenvalue weighted by Gasteiger charge is -2.42. The van der Waals surface area contributed by atoms with E-state index in [9.17, 15) is 13.2 Å². The molecule has 0 spiro atoms. The molecule has 9 nitrogen and oxygen atoms in total. The number of piperidine rings is 1. The Bertz CT molecular complexity index is 1460. The summed E-state index contributed by atoms with van der Waals surface area (Å²) in [6.07, 6.45) is 2.01. The van der Waals surface area contributed by atoms with Gasteiger partial charge in [-0.05, 0) is 55.1 Å². The third-order valence-corrected chi connectivity index (χ3v) is 9.44. The monoisotopic (exact) mass is 588 g/mol. The number of nitrogen functional groups attached to an aromatic ring is 1. The number of anilines is 1. The van der Waals surface area contributed by atoms with E-state index in [-0.39, 0.29) is 30.1 Å². The highest BCUT2D eigenvalue weighted by Gasteiger charge is 2.35. The lowest BCUT2D eigenvalue weighted by atomic mass is 9.94. The van der Waals surface area contributed by atoms with E-state index < -0.39 is 10.0 Å². The Balaban J connectivity index is 1.26. The average molecular weight is 589 g/mol. The van der Waals surface area contributed by atoms with Crippen LogP contribution in [0.1, 0.15) is 29.5 Å². The highest BCUT2D eigenvalue weighted by atomic mass is 32.2. The lowest BCUT2D eigenvalue weighted by Crippen LogP contribution is -2.57. The van der Waals surface area contributed by atoms with Gasteiger partial charge in [-0.15, -0.1) is 0 Å². The fourth-order valence-electron chi connectivity index (χ4n) is 5.86. The van der Waals surface area contributed by atoms with E-state index >= 15 is 0 Å². The fraction of sp³-hybridized carbons (Fsp3) is 0.375. The average Bonchev–Trinajstić information content (AvgIpc) is 2.99. The van der Waals surface area contributed by atoms with Gasteiger partial charge in [-0.25, -0.2) is 17.9 Å². The maximum atomic E-state index is 13.8. The Morgan fingerprint density at radius 2 is 1.55 bits per heavy atom. The molecule has 0 aromatic heterocycles. The van der Waals surface area contributed by atoms with Gasteiger partial charge in [-0.2, -0.15) is 0 Å². The van der Waals surface area contributed by atoms with Crippen molar-refractivity contribution in [3.05, 3.63) is 102 Å². The number of amides is 2. The van der Waals surface area contributed by atoms with E-state index in [4.69, 9.17) is 11.1 Å². The summed E-state index contributed by atoms with van der Waals surface area (Å²) in [5, 5.41) is 7.84. The molecule has 10 heteroatoms. The number of nitrogens with two attached hydrogens (primary N) is 1. The third kappa shape index (κ3) is 7.96. The van der Waals surface area contributed by atoms with Crippen molar-refractivity contribution in [2.45, 2.75) is 25.1 Å². The maximum absolute atomic E-state index is 13.8. The van der Waals surface area contributed by atoms with Crippen molar-refractivity contribution in [1.29, 1.82) is 5.41 Å². The van der Waals surface area contributed by atoms with Gasteiger partial charge in [-0.3, -0.25) is 15.2 Å². The van der Waals surface area contributed by atoms with Gasteiger partial charge in [0.05, 0.1) is 5.75 Å². The van der Waals surface area contributed by atoms with Crippen LogP contribution < -0.4 is 15.4 Å². The van der Waals surface area contributed by atoms with Crippen molar-refractivity contribution in [2.75, 3.05) is 44.2 Å². The van der Waals surface area contributed by atoms with Crippen LogP contribution >= 0.6 is 0 Å². The number of hydrogen-bond acceptors (Lipinski definition) is 5. The summed E-state index contributed by atoms with van der Waals surface area (Å²) < 4.78 is 28.6. The van der Waals surface area contributed by atoms with E-state index in [1.165, 1.54) is 5.56 Å². The Labute approximate surface area is 248 Å². The molecule has 0 bridgehead atoms. The first kappa shape index (κ1) is 29.8. The van der Waals surface area contributed by atoms with Crippen LogP contribution in [0.5, 0.6) is 0 Å². The largest absolute Gasteiger partial charge is 0.384 e. The zero-order valence-corrected chi connectivity index (χ0v) is 24.7. The summed E-state index contributed by atoms with van der Waals surface area (Å²) in [7, 11) is -3.55. The molecule has 1 unspecified atom stereocenters. The topological polar surface area (TPSA) is 123 Å². The fourth-order valence-corrected chi connectivity index (χ4v) is 7.09. The van der Waals surface area contributed by atoms with Crippen LogP contribution in [0.3, 0.4) is 0 Å². The summed E-state index contributed by atoms with van der Waals surface area (Å²) in [5.74, 6) is 0.118. The molecule has 3 aromatic carbocycles. The van der Waals surface area contributed by atoms with Gasteiger partial charge in [-0.1, -0.05) is 72.8 Å². The first-order valence-electron chi connectivity index (χ1n) is 14.5. The number of likely N-dealkylation sites (tertiary alicyclic amines) is 1. The number of nitrogens with zero attached hydrogens (tertiary/aromatic N) is 3. The van der Waals surface area contributed by atoms with E-state index in [1.54, 1.807) is 35.2 Å². The van der Waals surface area contributed by atoms with Gasteiger partial charge >= 0.3 is 6.03 Å². The second-order valence-corrected chi connectivity index (χ2v) is 13.2. The summed E-state index contributed by atoms with van der Waals surface area (Å²) in [6, 6.07) is 26.6. The van der Waals surface area contributed by atoms with Crippen molar-refractivity contribution >= 4 is 27.6 Å². The molecule has 42 heavy (non-hydrogen) atoms. The van der Waals surface area contributed by atoms with Crippen molar-refractivity contribution in [1.82, 2.24) is 14.5 Å². The van der Waals surface area contributed by atoms with Crippen LogP contribution in [0, 0.1) is 17.2 Å². The van der Waals surface area contributed by atoms with Crippen LogP contribution in [0.2, 0.25) is 0 Å². The number of rotatable bonds is 11. The van der Waals surface area contributed by atoms with Crippen LogP contribution in [0.4, 0.5) is 10.5 Å². The Morgan fingerprint density at radius 3 is 2.21 bits per heavy atom. The maximum Gasteiger partial charge on any atom is 0.324 e. The minimum Gasteiger partial charge on any atom is -0.384 e. The Kier molecular flexibility index (Phi) is 9.56. The van der Waals surface area contributed by atoms with E-state index in [0.717, 1.165) is 38.0 Å². The zero-order chi connectivity index (χ0) is 29.5. The number of amidine groups is 1. The van der Waals surface area contributed by atoms with Gasteiger partial charge in [0, 0.05) is 49.9 Å². The van der Waals surface area contributed by atoms with Gasteiger partial charge in [0.1, 0.15) is 5.84 Å². The molecule has 0 aliphatic carbocycles. The molecule has 2 heterocycles. The van der Waals surface area contributed by atoms with Crippen LogP contribution in [-0.2, 0) is 22.3 Å². The lowest BCUT2D eigenvalue weighted by molar-refractivity contribution is 0.130. The van der Waals surface area contributed by atoms with E-state index in [1.807, 2.05) is 35.2 Å². The molecule has 3 aromatic rings. The highest BCUT2D eigenvalue weighted by molar-refractivity contribution is 7.88. The molecule has 1 atom stereocenters. The van der Waals surface area contributed by atoms with E-state index in [2.05, 4.69) is 33.9 Å². The number of carbonyl (C=O) groups is 1. The molecule has 0 radical (unpaired) electrons. The molecule has 2 amide bonds. The number of benzene rings is 3. The van der Waals surface area contributed by atoms with Gasteiger partial charge in [0.15, 0.2) is 0 Å².